The molecule has 0 aromatic heterocycles. The number of hydrogen-bond donors (Lipinski definition) is 0. The molecule has 0 saturated heterocycles. The van der Waals surface area contributed by atoms with Gasteiger partial charge in [-0.15, -0.1) is 0 Å². The number of rotatable bonds is 2. The Labute approximate surface area is 58.7 Å². The highest BCUT2D eigenvalue weighted by Crippen LogP contribution is 1.90. The predicted molar refractivity (Wildman–Crippen MR) is 42.0 cm³/mol. The highest BCUT2D eigenvalue weighted by molar-refractivity contribution is 9.11. The second-order valence-corrected chi connectivity index (χ2v) is 2.05. The number of hydrogen-bond acceptors (Lipinski definition) is 0. The van der Waals surface area contributed by atoms with Crippen molar-refractivity contribution < 1.29 is 0 Å². The van der Waals surface area contributed by atoms with Crippen LogP contribution in [0.5, 0.6) is 0 Å². The Balaban J connectivity index is 3.50. The van der Waals surface area contributed by atoms with Gasteiger partial charge in [0.05, 0.1) is 0 Å². The van der Waals surface area contributed by atoms with Gasteiger partial charge in [-0.3, -0.25) is 0 Å². The molecule has 0 aromatic rings. The maximum Gasteiger partial charge on any atom is -0.0189 e. The Morgan fingerprint density at radius 1 is 1.50 bits per heavy atom. The summed E-state index contributed by atoms with van der Waals surface area (Å²) in [5, 5.41) is 0. The third kappa shape index (κ3) is 5.70. The summed E-state index contributed by atoms with van der Waals surface area (Å²) < 4.78 is 0. The maximum absolute atomic E-state index is 3.69. The van der Waals surface area contributed by atoms with Crippen molar-refractivity contribution in [2.45, 2.75) is 6.92 Å². The molecule has 0 heterocycles. The van der Waals surface area contributed by atoms with E-state index in [1.165, 1.54) is 0 Å². The standard InChI is InChI=1S/C7H9Br/c1-7(2)5-3-4-6-8/h3-6H,1H2,2H3/b5-3-,6-4+. The van der Waals surface area contributed by atoms with Crippen LogP contribution >= 0.6 is 15.9 Å². The quantitative estimate of drug-likeness (QED) is 0.563. The highest BCUT2D eigenvalue weighted by Gasteiger charge is 1.66. The van der Waals surface area contributed by atoms with Crippen LogP contribution in [0, 0.1) is 0 Å². The third-order valence-electron chi connectivity index (χ3n) is 0.565. The van der Waals surface area contributed by atoms with Crippen LogP contribution in [-0.4, -0.2) is 0 Å². The molecule has 0 unspecified atom stereocenters. The van der Waals surface area contributed by atoms with Gasteiger partial charge < -0.3 is 0 Å². The van der Waals surface area contributed by atoms with Gasteiger partial charge in [0.1, 0.15) is 0 Å². The van der Waals surface area contributed by atoms with Crippen LogP contribution in [0.3, 0.4) is 0 Å². The molecule has 0 saturated carbocycles. The van der Waals surface area contributed by atoms with Crippen LogP contribution < -0.4 is 0 Å². The minimum atomic E-state index is 1.07. The molecule has 1 heteroatoms. The minimum absolute atomic E-state index is 1.07. The van der Waals surface area contributed by atoms with E-state index in [1.54, 1.807) is 4.99 Å². The molecule has 0 aromatic carbocycles. The number of allylic oxidation sites excluding steroid dienone is 4. The van der Waals surface area contributed by atoms with E-state index in [0.717, 1.165) is 5.57 Å². The Kier molecular flexibility index (Phi) is 4.67. The molecular formula is C7H9Br. The van der Waals surface area contributed by atoms with Crippen molar-refractivity contribution in [3.8, 4) is 0 Å². The molecule has 0 atom stereocenters. The minimum Gasteiger partial charge on any atom is -0.0961 e. The van der Waals surface area contributed by atoms with Gasteiger partial charge in [-0.05, 0) is 11.9 Å². The van der Waals surface area contributed by atoms with Crippen molar-refractivity contribution in [2.24, 2.45) is 0 Å². The first-order valence-electron chi connectivity index (χ1n) is 2.36. The molecule has 0 spiro atoms. The van der Waals surface area contributed by atoms with Gasteiger partial charge in [-0.1, -0.05) is 46.3 Å². The lowest BCUT2D eigenvalue weighted by molar-refractivity contribution is 1.56. The summed E-state index contributed by atoms with van der Waals surface area (Å²) in [4.78, 5) is 1.80. The van der Waals surface area contributed by atoms with Crippen molar-refractivity contribution in [3.63, 3.8) is 0 Å². The van der Waals surface area contributed by atoms with Crippen LogP contribution in [0.4, 0.5) is 0 Å². The first kappa shape index (κ1) is 7.70. The Bertz CT molecular complexity index is 120. The molecule has 0 aliphatic rings. The van der Waals surface area contributed by atoms with Crippen LogP contribution in [0.2, 0.25) is 0 Å². The summed E-state index contributed by atoms with van der Waals surface area (Å²) in [6.45, 7) is 5.65. The average molecular weight is 173 g/mol. The molecule has 0 aliphatic heterocycles. The van der Waals surface area contributed by atoms with Gasteiger partial charge in [0.2, 0.25) is 0 Å². The van der Waals surface area contributed by atoms with Gasteiger partial charge >= 0.3 is 0 Å². The SMILES string of the molecule is C=C(C)/C=C\C=C\Br. The van der Waals surface area contributed by atoms with E-state index in [1.807, 2.05) is 25.2 Å². The van der Waals surface area contributed by atoms with E-state index in [2.05, 4.69) is 22.5 Å². The fourth-order valence-electron chi connectivity index (χ4n) is 0.262. The van der Waals surface area contributed by atoms with Gasteiger partial charge in [0.25, 0.3) is 0 Å². The zero-order valence-corrected chi connectivity index (χ0v) is 6.48. The largest absolute Gasteiger partial charge is 0.0961 e. The van der Waals surface area contributed by atoms with E-state index < -0.39 is 0 Å². The van der Waals surface area contributed by atoms with E-state index in [4.69, 9.17) is 0 Å². The van der Waals surface area contributed by atoms with E-state index in [-0.39, 0.29) is 0 Å². The van der Waals surface area contributed by atoms with Crippen LogP contribution in [-0.2, 0) is 0 Å². The zero-order chi connectivity index (χ0) is 6.41. The molecule has 0 rings (SSSR count). The van der Waals surface area contributed by atoms with Gasteiger partial charge in [-0.2, -0.15) is 0 Å². The first-order chi connectivity index (χ1) is 3.77. The summed E-state index contributed by atoms with van der Waals surface area (Å²) in [5.41, 5.74) is 1.07. The normalized spacial score (nSPS) is 11.2. The lowest BCUT2D eigenvalue weighted by Gasteiger charge is -1.77. The molecule has 0 aliphatic carbocycles. The molecule has 0 fully saturated rings. The molecule has 0 N–H and O–H groups in total. The summed E-state index contributed by atoms with van der Waals surface area (Å²) in [6.07, 6.45) is 5.77. The molecule has 0 bridgehead atoms. The van der Waals surface area contributed by atoms with Gasteiger partial charge in [0.15, 0.2) is 0 Å². The van der Waals surface area contributed by atoms with Crippen molar-refractivity contribution in [1.29, 1.82) is 0 Å². The smallest absolute Gasteiger partial charge is 0.0189 e. The molecule has 0 radical (unpaired) electrons. The molecular weight excluding hydrogens is 164 g/mol. The highest BCUT2D eigenvalue weighted by atomic mass is 79.9. The fraction of sp³-hybridized carbons (Fsp3) is 0.143. The summed E-state index contributed by atoms with van der Waals surface area (Å²) in [7, 11) is 0. The third-order valence-corrected chi connectivity index (χ3v) is 0.870. The molecule has 44 valence electrons. The summed E-state index contributed by atoms with van der Waals surface area (Å²) in [5.74, 6) is 0. The van der Waals surface area contributed by atoms with Gasteiger partial charge in [0, 0.05) is 0 Å². The van der Waals surface area contributed by atoms with E-state index in [9.17, 15) is 0 Å². The van der Waals surface area contributed by atoms with E-state index >= 15 is 0 Å². The van der Waals surface area contributed by atoms with Gasteiger partial charge in [-0.25, -0.2) is 0 Å². The monoisotopic (exact) mass is 172 g/mol. The second-order valence-electron chi connectivity index (χ2n) is 1.52. The van der Waals surface area contributed by atoms with E-state index in [0.29, 0.717) is 0 Å². The predicted octanol–water partition coefficient (Wildman–Crippen LogP) is 3.03. The molecule has 0 nitrogen and oxygen atoms in total. The Hall–Kier alpha value is -0.300. The summed E-state index contributed by atoms with van der Waals surface area (Å²) in [6, 6.07) is 0. The summed E-state index contributed by atoms with van der Waals surface area (Å²) >= 11 is 3.14. The second kappa shape index (κ2) is 4.85. The van der Waals surface area contributed by atoms with Crippen molar-refractivity contribution >= 4 is 15.9 Å². The van der Waals surface area contributed by atoms with Crippen molar-refractivity contribution in [2.75, 3.05) is 0 Å². The van der Waals surface area contributed by atoms with Crippen LogP contribution in [0.15, 0.2) is 35.4 Å². The fourth-order valence-corrected chi connectivity index (χ4v) is 0.438. The lowest BCUT2D eigenvalue weighted by atomic mass is 10.3. The molecule has 8 heavy (non-hydrogen) atoms. The van der Waals surface area contributed by atoms with Crippen molar-refractivity contribution in [1.82, 2.24) is 0 Å². The topological polar surface area (TPSA) is 0 Å². The van der Waals surface area contributed by atoms with Crippen molar-refractivity contribution in [3.05, 3.63) is 35.4 Å². The maximum atomic E-state index is 3.69. The molecule has 0 amide bonds. The first-order valence-corrected chi connectivity index (χ1v) is 3.28. The zero-order valence-electron chi connectivity index (χ0n) is 4.89. The average Bonchev–Trinajstić information content (AvgIpc) is 1.66. The number of halogens is 1. The Morgan fingerprint density at radius 2 is 2.12 bits per heavy atom. The van der Waals surface area contributed by atoms with Crippen LogP contribution in [0.1, 0.15) is 6.92 Å². The Morgan fingerprint density at radius 3 is 2.50 bits per heavy atom. The van der Waals surface area contributed by atoms with Crippen LogP contribution in [0.25, 0.3) is 0 Å². The lowest BCUT2D eigenvalue weighted by Crippen LogP contribution is -1.56.